The van der Waals surface area contributed by atoms with Gasteiger partial charge in [0, 0.05) is 6.26 Å². The standard InChI is InChI=1S/C13H16O4S/c1-3-4-5-6-10-7-8-11(13(14)15)9-12(10)18(2,16)17/h5-9H,3-4H2,1-2H3,(H,14,15). The fourth-order valence-electron chi connectivity index (χ4n) is 1.50. The van der Waals surface area contributed by atoms with E-state index in [-0.39, 0.29) is 10.5 Å². The topological polar surface area (TPSA) is 71.4 Å². The third-order valence-corrected chi connectivity index (χ3v) is 3.57. The first-order valence-corrected chi connectivity index (χ1v) is 7.49. The number of aromatic carboxylic acids is 1. The average molecular weight is 268 g/mol. The number of sulfone groups is 1. The Labute approximate surface area is 107 Å². The number of hydrogen-bond acceptors (Lipinski definition) is 3. The van der Waals surface area contributed by atoms with Crippen LogP contribution in [0.4, 0.5) is 0 Å². The number of carbonyl (C=O) groups is 1. The Balaban J connectivity index is 3.31. The minimum atomic E-state index is -3.44. The summed E-state index contributed by atoms with van der Waals surface area (Å²) in [5.41, 5.74) is 0.499. The summed E-state index contributed by atoms with van der Waals surface area (Å²) < 4.78 is 23.3. The van der Waals surface area contributed by atoms with Gasteiger partial charge in [-0.1, -0.05) is 31.6 Å². The lowest BCUT2D eigenvalue weighted by atomic mass is 10.1. The quantitative estimate of drug-likeness (QED) is 0.891. The predicted octanol–water partition coefficient (Wildman–Crippen LogP) is 2.60. The molecule has 0 saturated carbocycles. The smallest absolute Gasteiger partial charge is 0.335 e. The Kier molecular flexibility index (Phi) is 4.67. The number of hydrogen-bond donors (Lipinski definition) is 1. The molecule has 1 N–H and O–H groups in total. The van der Waals surface area contributed by atoms with Gasteiger partial charge >= 0.3 is 5.97 Å². The number of benzene rings is 1. The fraction of sp³-hybridized carbons (Fsp3) is 0.308. The monoisotopic (exact) mass is 268 g/mol. The summed E-state index contributed by atoms with van der Waals surface area (Å²) in [6, 6.07) is 4.12. The summed E-state index contributed by atoms with van der Waals surface area (Å²) in [6.07, 6.45) is 6.49. The van der Waals surface area contributed by atoms with Crippen molar-refractivity contribution in [2.45, 2.75) is 24.7 Å². The molecule has 0 aliphatic carbocycles. The molecule has 0 aliphatic heterocycles. The first kappa shape index (κ1) is 14.4. The van der Waals surface area contributed by atoms with E-state index in [0.717, 1.165) is 19.1 Å². The molecule has 0 bridgehead atoms. The van der Waals surface area contributed by atoms with E-state index in [4.69, 9.17) is 5.11 Å². The van der Waals surface area contributed by atoms with Crippen molar-refractivity contribution in [1.29, 1.82) is 0 Å². The van der Waals surface area contributed by atoms with Gasteiger partial charge < -0.3 is 5.11 Å². The van der Waals surface area contributed by atoms with Gasteiger partial charge in [-0.15, -0.1) is 0 Å². The number of carboxylic acid groups (broad SMARTS) is 1. The van der Waals surface area contributed by atoms with Crippen LogP contribution in [0.15, 0.2) is 29.2 Å². The van der Waals surface area contributed by atoms with Crippen LogP contribution in [-0.4, -0.2) is 25.7 Å². The molecule has 98 valence electrons. The van der Waals surface area contributed by atoms with E-state index in [9.17, 15) is 13.2 Å². The second-order valence-electron chi connectivity index (χ2n) is 4.02. The normalized spacial score (nSPS) is 11.9. The zero-order valence-corrected chi connectivity index (χ0v) is 11.2. The lowest BCUT2D eigenvalue weighted by molar-refractivity contribution is 0.0696. The molecule has 1 rings (SSSR count). The Morgan fingerprint density at radius 1 is 1.39 bits per heavy atom. The van der Waals surface area contributed by atoms with E-state index in [2.05, 4.69) is 0 Å². The van der Waals surface area contributed by atoms with Crippen molar-refractivity contribution in [1.82, 2.24) is 0 Å². The predicted molar refractivity (Wildman–Crippen MR) is 70.5 cm³/mol. The van der Waals surface area contributed by atoms with E-state index in [0.29, 0.717) is 5.56 Å². The van der Waals surface area contributed by atoms with Crippen LogP contribution in [-0.2, 0) is 9.84 Å². The number of allylic oxidation sites excluding steroid dienone is 1. The van der Waals surface area contributed by atoms with Crippen LogP contribution in [0.25, 0.3) is 6.08 Å². The van der Waals surface area contributed by atoms with Crippen molar-refractivity contribution >= 4 is 21.9 Å². The summed E-state index contributed by atoms with van der Waals surface area (Å²) in [4.78, 5) is 10.9. The number of carboxylic acids is 1. The van der Waals surface area contributed by atoms with Crippen molar-refractivity contribution in [3.63, 3.8) is 0 Å². The maximum atomic E-state index is 11.6. The van der Waals surface area contributed by atoms with E-state index in [1.165, 1.54) is 18.2 Å². The Morgan fingerprint density at radius 2 is 2.06 bits per heavy atom. The van der Waals surface area contributed by atoms with Crippen molar-refractivity contribution in [2.75, 3.05) is 6.26 Å². The minimum absolute atomic E-state index is 0.0249. The number of rotatable bonds is 5. The molecule has 0 fully saturated rings. The van der Waals surface area contributed by atoms with E-state index >= 15 is 0 Å². The van der Waals surface area contributed by atoms with E-state index in [1.54, 1.807) is 6.08 Å². The maximum Gasteiger partial charge on any atom is 0.335 e. The van der Waals surface area contributed by atoms with Gasteiger partial charge in [0.25, 0.3) is 0 Å². The molecule has 5 heteroatoms. The highest BCUT2D eigenvalue weighted by Gasteiger charge is 2.14. The zero-order chi connectivity index (χ0) is 13.8. The molecule has 0 amide bonds. The van der Waals surface area contributed by atoms with Gasteiger partial charge in [-0.05, 0) is 24.1 Å². The second-order valence-corrected chi connectivity index (χ2v) is 6.01. The molecule has 0 aromatic heterocycles. The SMILES string of the molecule is CCCC=Cc1ccc(C(=O)O)cc1S(C)(=O)=O. The Hall–Kier alpha value is -1.62. The van der Waals surface area contributed by atoms with Gasteiger partial charge in [0.1, 0.15) is 0 Å². The van der Waals surface area contributed by atoms with Gasteiger partial charge in [-0.2, -0.15) is 0 Å². The van der Waals surface area contributed by atoms with Crippen LogP contribution in [0.1, 0.15) is 35.7 Å². The molecular formula is C13H16O4S. The summed E-state index contributed by atoms with van der Waals surface area (Å²) in [7, 11) is -3.44. The highest BCUT2D eigenvalue weighted by molar-refractivity contribution is 7.90. The summed E-state index contributed by atoms with van der Waals surface area (Å²) in [6.45, 7) is 2.02. The van der Waals surface area contributed by atoms with E-state index < -0.39 is 15.8 Å². The highest BCUT2D eigenvalue weighted by atomic mass is 32.2. The Bertz CT molecular complexity index is 571. The molecule has 0 unspecified atom stereocenters. The molecule has 1 aromatic carbocycles. The summed E-state index contributed by atoms with van der Waals surface area (Å²) >= 11 is 0. The summed E-state index contributed by atoms with van der Waals surface area (Å²) in [5.74, 6) is -1.14. The van der Waals surface area contributed by atoms with Crippen molar-refractivity contribution < 1.29 is 18.3 Å². The lowest BCUT2D eigenvalue weighted by Crippen LogP contribution is -2.04. The first-order chi connectivity index (χ1) is 8.36. The van der Waals surface area contributed by atoms with Crippen molar-refractivity contribution in [3.05, 3.63) is 35.4 Å². The van der Waals surface area contributed by atoms with Crippen LogP contribution >= 0.6 is 0 Å². The third kappa shape index (κ3) is 3.70. The molecule has 4 nitrogen and oxygen atoms in total. The van der Waals surface area contributed by atoms with Crippen LogP contribution < -0.4 is 0 Å². The van der Waals surface area contributed by atoms with Crippen LogP contribution in [0.2, 0.25) is 0 Å². The molecule has 0 saturated heterocycles. The van der Waals surface area contributed by atoms with Gasteiger partial charge in [-0.3, -0.25) is 0 Å². The van der Waals surface area contributed by atoms with Crippen LogP contribution in [0, 0.1) is 0 Å². The molecular weight excluding hydrogens is 252 g/mol. The molecule has 18 heavy (non-hydrogen) atoms. The lowest BCUT2D eigenvalue weighted by Gasteiger charge is -2.05. The zero-order valence-electron chi connectivity index (χ0n) is 10.4. The average Bonchev–Trinajstić information content (AvgIpc) is 2.28. The molecule has 0 radical (unpaired) electrons. The first-order valence-electron chi connectivity index (χ1n) is 5.60. The van der Waals surface area contributed by atoms with Gasteiger partial charge in [0.15, 0.2) is 9.84 Å². The maximum absolute atomic E-state index is 11.6. The highest BCUT2D eigenvalue weighted by Crippen LogP contribution is 2.19. The molecule has 0 spiro atoms. The van der Waals surface area contributed by atoms with Crippen molar-refractivity contribution in [2.24, 2.45) is 0 Å². The van der Waals surface area contributed by atoms with Gasteiger partial charge in [0.05, 0.1) is 10.5 Å². The Morgan fingerprint density at radius 3 is 2.56 bits per heavy atom. The van der Waals surface area contributed by atoms with Crippen LogP contribution in [0.3, 0.4) is 0 Å². The summed E-state index contributed by atoms with van der Waals surface area (Å²) in [5, 5.41) is 8.87. The van der Waals surface area contributed by atoms with Crippen LogP contribution in [0.5, 0.6) is 0 Å². The number of unbranched alkanes of at least 4 members (excludes halogenated alkanes) is 1. The minimum Gasteiger partial charge on any atom is -0.478 e. The molecule has 0 atom stereocenters. The second kappa shape index (κ2) is 5.82. The molecule has 0 heterocycles. The van der Waals surface area contributed by atoms with E-state index in [1.807, 2.05) is 13.0 Å². The molecule has 0 aliphatic rings. The van der Waals surface area contributed by atoms with Gasteiger partial charge in [-0.25, -0.2) is 13.2 Å². The van der Waals surface area contributed by atoms with Gasteiger partial charge in [0.2, 0.25) is 0 Å². The largest absolute Gasteiger partial charge is 0.478 e. The fourth-order valence-corrected chi connectivity index (χ4v) is 2.41. The van der Waals surface area contributed by atoms with Crippen molar-refractivity contribution in [3.8, 4) is 0 Å². The third-order valence-electron chi connectivity index (χ3n) is 2.41. The molecule has 1 aromatic rings.